The third-order valence-corrected chi connectivity index (χ3v) is 6.34. The van der Waals surface area contributed by atoms with Crippen LogP contribution >= 0.6 is 0 Å². The molecule has 154 valence electrons. The van der Waals surface area contributed by atoms with Gasteiger partial charge in [-0.05, 0) is 45.1 Å². The summed E-state index contributed by atoms with van der Waals surface area (Å²) in [5.41, 5.74) is 3.46. The largest absolute Gasteiger partial charge is 0.342 e. The van der Waals surface area contributed by atoms with Crippen LogP contribution in [-0.2, 0) is 12.0 Å². The van der Waals surface area contributed by atoms with Crippen LogP contribution in [0.25, 0.3) is 10.9 Å². The monoisotopic (exact) mass is 402 g/mol. The Balaban J connectivity index is 2.02. The molecule has 0 amide bonds. The second-order valence-corrected chi connectivity index (χ2v) is 8.31. The number of hydrogen-bond donors (Lipinski definition) is 1. The van der Waals surface area contributed by atoms with Gasteiger partial charge in [0.15, 0.2) is 5.78 Å². The maximum absolute atomic E-state index is 13.5. The molecule has 0 atom stereocenters. The molecule has 0 aliphatic heterocycles. The zero-order chi connectivity index (χ0) is 21.6. The average Bonchev–Trinajstić information content (AvgIpc) is 3.07. The van der Waals surface area contributed by atoms with E-state index >= 15 is 0 Å². The minimum atomic E-state index is -0.561. The Labute approximate surface area is 175 Å². The van der Waals surface area contributed by atoms with E-state index in [1.807, 2.05) is 26.0 Å². The number of pyridine rings is 1. The minimum absolute atomic E-state index is 0.0770. The van der Waals surface area contributed by atoms with E-state index in [0.717, 1.165) is 36.2 Å². The Morgan fingerprint density at radius 2 is 1.87 bits per heavy atom. The standard InChI is InChI=1S/C24H26N4O2/c1-5-27(6-2)11-12-28-18-13-15(14-25)7-8-16(18)20-21(30)17-9-10-19(29)26-22(17)24(3,4)23(20)28/h7-10,13H,5-6,11-12H2,1-4H3,(H,26,29). The van der Waals surface area contributed by atoms with Gasteiger partial charge in [-0.15, -0.1) is 0 Å². The SMILES string of the molecule is CCN(CC)CCn1c2c(c3ccc(C#N)cc31)C(=O)c1ccc(=O)[nH]c1C2(C)C. The molecule has 0 spiro atoms. The number of benzene rings is 1. The first-order valence-electron chi connectivity index (χ1n) is 10.4. The van der Waals surface area contributed by atoms with Crippen molar-refractivity contribution in [2.75, 3.05) is 19.6 Å². The van der Waals surface area contributed by atoms with Gasteiger partial charge in [0.25, 0.3) is 0 Å². The van der Waals surface area contributed by atoms with Gasteiger partial charge in [0, 0.05) is 46.9 Å². The molecular weight excluding hydrogens is 376 g/mol. The molecule has 1 N–H and O–H groups in total. The Bertz CT molecular complexity index is 1250. The Morgan fingerprint density at radius 3 is 2.53 bits per heavy atom. The number of rotatable bonds is 5. The predicted octanol–water partition coefficient (Wildman–Crippen LogP) is 3.41. The maximum atomic E-state index is 13.5. The van der Waals surface area contributed by atoms with Crippen LogP contribution in [0.3, 0.4) is 0 Å². The smallest absolute Gasteiger partial charge is 0.248 e. The number of carbonyl (C=O) groups is 1. The van der Waals surface area contributed by atoms with Crippen LogP contribution in [0.5, 0.6) is 0 Å². The number of fused-ring (bicyclic) bond motifs is 4. The van der Waals surface area contributed by atoms with Crippen molar-refractivity contribution in [2.24, 2.45) is 0 Å². The Hall–Kier alpha value is -3.17. The number of aromatic amines is 1. The molecule has 0 radical (unpaired) electrons. The number of ketones is 1. The number of nitrogens with one attached hydrogen (secondary N) is 1. The van der Waals surface area contributed by atoms with Gasteiger partial charge in [-0.2, -0.15) is 5.26 Å². The van der Waals surface area contributed by atoms with E-state index in [-0.39, 0.29) is 11.3 Å². The van der Waals surface area contributed by atoms with Gasteiger partial charge >= 0.3 is 0 Å². The fourth-order valence-electron chi connectivity index (χ4n) is 4.72. The van der Waals surface area contributed by atoms with Crippen LogP contribution in [0.2, 0.25) is 0 Å². The minimum Gasteiger partial charge on any atom is -0.342 e. The lowest BCUT2D eigenvalue weighted by Gasteiger charge is -2.34. The Morgan fingerprint density at radius 1 is 1.13 bits per heavy atom. The number of carbonyl (C=O) groups excluding carboxylic acids is 1. The fourth-order valence-corrected chi connectivity index (χ4v) is 4.72. The van der Waals surface area contributed by atoms with Gasteiger partial charge in [-0.25, -0.2) is 0 Å². The lowest BCUT2D eigenvalue weighted by molar-refractivity contribution is 0.103. The molecule has 2 heterocycles. The highest BCUT2D eigenvalue weighted by Gasteiger charge is 2.42. The van der Waals surface area contributed by atoms with Crippen molar-refractivity contribution >= 4 is 16.7 Å². The van der Waals surface area contributed by atoms with E-state index in [0.29, 0.717) is 28.9 Å². The third kappa shape index (κ3) is 2.89. The number of aromatic nitrogens is 2. The first kappa shape index (κ1) is 20.1. The molecule has 1 aliphatic rings. The number of nitriles is 1. The summed E-state index contributed by atoms with van der Waals surface area (Å²) in [5.74, 6) is -0.0770. The van der Waals surface area contributed by atoms with Crippen molar-refractivity contribution in [3.05, 3.63) is 68.8 Å². The first-order chi connectivity index (χ1) is 14.3. The van der Waals surface area contributed by atoms with E-state index in [9.17, 15) is 14.9 Å². The van der Waals surface area contributed by atoms with Gasteiger partial charge in [-0.1, -0.05) is 19.9 Å². The van der Waals surface area contributed by atoms with Gasteiger partial charge in [0.05, 0.1) is 22.7 Å². The van der Waals surface area contributed by atoms with Crippen LogP contribution < -0.4 is 5.56 Å². The topological polar surface area (TPSA) is 81.9 Å². The number of likely N-dealkylation sites (N-methyl/N-ethyl adjacent to an activating group) is 1. The summed E-state index contributed by atoms with van der Waals surface area (Å²) in [6.07, 6.45) is 0. The summed E-state index contributed by atoms with van der Waals surface area (Å²) in [5, 5.41) is 10.3. The van der Waals surface area contributed by atoms with Crippen molar-refractivity contribution in [2.45, 2.75) is 39.7 Å². The summed E-state index contributed by atoms with van der Waals surface area (Å²) in [7, 11) is 0. The van der Waals surface area contributed by atoms with Crippen LogP contribution in [0.4, 0.5) is 0 Å². The van der Waals surface area contributed by atoms with Crippen LogP contribution in [0.15, 0.2) is 35.1 Å². The molecule has 6 nitrogen and oxygen atoms in total. The van der Waals surface area contributed by atoms with Crippen LogP contribution in [0.1, 0.15) is 60.6 Å². The van der Waals surface area contributed by atoms with Gasteiger partial charge < -0.3 is 14.5 Å². The van der Waals surface area contributed by atoms with E-state index < -0.39 is 5.41 Å². The molecular formula is C24H26N4O2. The van der Waals surface area contributed by atoms with Crippen molar-refractivity contribution in [1.29, 1.82) is 5.26 Å². The molecule has 0 bridgehead atoms. The summed E-state index contributed by atoms with van der Waals surface area (Å²) < 4.78 is 2.18. The van der Waals surface area contributed by atoms with Gasteiger partial charge in [0.1, 0.15) is 0 Å². The zero-order valence-corrected chi connectivity index (χ0v) is 17.9. The van der Waals surface area contributed by atoms with Gasteiger partial charge in [-0.3, -0.25) is 9.59 Å². The fraction of sp³-hybridized carbons (Fsp3) is 0.375. The number of H-pyrrole nitrogens is 1. The summed E-state index contributed by atoms with van der Waals surface area (Å²) >= 11 is 0. The average molecular weight is 402 g/mol. The lowest BCUT2D eigenvalue weighted by atomic mass is 9.74. The first-order valence-corrected chi connectivity index (χ1v) is 10.4. The molecule has 1 aromatic carbocycles. The molecule has 0 fully saturated rings. The second kappa shape index (κ2) is 7.26. The second-order valence-electron chi connectivity index (χ2n) is 8.31. The highest BCUT2D eigenvalue weighted by molar-refractivity contribution is 6.20. The highest BCUT2D eigenvalue weighted by atomic mass is 16.1. The van der Waals surface area contributed by atoms with Gasteiger partial charge in [0.2, 0.25) is 5.56 Å². The Kier molecular flexibility index (Phi) is 4.87. The summed E-state index contributed by atoms with van der Waals surface area (Å²) in [6.45, 7) is 11.8. The van der Waals surface area contributed by atoms with Crippen molar-refractivity contribution < 1.29 is 4.79 Å². The van der Waals surface area contributed by atoms with Crippen molar-refractivity contribution in [3.63, 3.8) is 0 Å². The molecule has 30 heavy (non-hydrogen) atoms. The summed E-state index contributed by atoms with van der Waals surface area (Å²) in [6, 6.07) is 10.8. The lowest BCUT2D eigenvalue weighted by Crippen LogP contribution is -2.36. The van der Waals surface area contributed by atoms with Crippen LogP contribution in [0, 0.1) is 11.3 Å². The molecule has 1 aliphatic carbocycles. The zero-order valence-electron chi connectivity index (χ0n) is 17.9. The van der Waals surface area contributed by atoms with E-state index in [4.69, 9.17) is 0 Å². The molecule has 3 aromatic rings. The third-order valence-electron chi connectivity index (χ3n) is 6.34. The molecule has 0 unspecified atom stereocenters. The predicted molar refractivity (Wildman–Crippen MR) is 117 cm³/mol. The quantitative estimate of drug-likeness (QED) is 0.709. The molecule has 2 aromatic heterocycles. The van der Waals surface area contributed by atoms with E-state index in [1.54, 1.807) is 12.1 Å². The number of hydrogen-bond acceptors (Lipinski definition) is 4. The molecule has 4 rings (SSSR count). The van der Waals surface area contributed by atoms with Crippen molar-refractivity contribution in [1.82, 2.24) is 14.5 Å². The van der Waals surface area contributed by atoms with Crippen molar-refractivity contribution in [3.8, 4) is 6.07 Å². The molecule has 0 saturated heterocycles. The molecule has 0 saturated carbocycles. The normalized spacial score (nSPS) is 14.6. The summed E-state index contributed by atoms with van der Waals surface area (Å²) in [4.78, 5) is 30.8. The van der Waals surface area contributed by atoms with E-state index in [2.05, 4.69) is 34.4 Å². The maximum Gasteiger partial charge on any atom is 0.248 e. The highest BCUT2D eigenvalue weighted by Crippen LogP contribution is 2.44. The van der Waals surface area contributed by atoms with Crippen LogP contribution in [-0.4, -0.2) is 39.9 Å². The van der Waals surface area contributed by atoms with E-state index in [1.165, 1.54) is 6.07 Å². The number of nitrogens with zero attached hydrogens (tertiary/aromatic N) is 3. The molecule has 6 heteroatoms.